The van der Waals surface area contributed by atoms with Crippen molar-refractivity contribution in [3.63, 3.8) is 0 Å². The quantitative estimate of drug-likeness (QED) is 0.564. The SMILES string of the molecule is Cc1cc(C(F)(F)F)cnc1N1CC2(CCN(c3cnc4cnn(CC(F)F)c4n3)C2)C1. The molecule has 0 atom stereocenters. The lowest BCUT2D eigenvalue weighted by Crippen LogP contribution is -2.58. The van der Waals surface area contributed by atoms with Gasteiger partial charge < -0.3 is 9.80 Å². The molecule has 12 heteroatoms. The summed E-state index contributed by atoms with van der Waals surface area (Å²) in [5.41, 5.74) is 0.510. The third kappa shape index (κ3) is 3.61. The average Bonchev–Trinajstić information content (AvgIpc) is 3.31. The maximum absolute atomic E-state index is 12.9. The number of fused-ring (bicyclic) bond motifs is 1. The molecule has 0 amide bonds. The van der Waals surface area contributed by atoms with E-state index in [1.807, 2.05) is 4.90 Å². The maximum Gasteiger partial charge on any atom is 0.417 e. The highest BCUT2D eigenvalue weighted by Crippen LogP contribution is 2.43. The van der Waals surface area contributed by atoms with Gasteiger partial charge in [0.25, 0.3) is 6.43 Å². The van der Waals surface area contributed by atoms with E-state index in [1.54, 1.807) is 13.1 Å². The molecule has 3 aromatic rings. The molecule has 2 aliphatic heterocycles. The molecule has 5 heterocycles. The van der Waals surface area contributed by atoms with Crippen LogP contribution < -0.4 is 9.80 Å². The van der Waals surface area contributed by atoms with E-state index in [9.17, 15) is 22.0 Å². The predicted molar refractivity (Wildman–Crippen MR) is 107 cm³/mol. The van der Waals surface area contributed by atoms with Crippen LogP contribution >= 0.6 is 0 Å². The van der Waals surface area contributed by atoms with Crippen molar-refractivity contribution in [1.29, 1.82) is 0 Å². The van der Waals surface area contributed by atoms with Crippen molar-refractivity contribution in [2.24, 2.45) is 5.41 Å². The van der Waals surface area contributed by atoms with Gasteiger partial charge in [-0.15, -0.1) is 0 Å². The number of alkyl halides is 5. The molecule has 0 aliphatic carbocycles. The highest BCUT2D eigenvalue weighted by atomic mass is 19.4. The van der Waals surface area contributed by atoms with Crippen molar-refractivity contribution >= 4 is 22.8 Å². The molecule has 7 nitrogen and oxygen atoms in total. The molecule has 2 aliphatic rings. The van der Waals surface area contributed by atoms with E-state index < -0.39 is 24.7 Å². The first-order valence-corrected chi connectivity index (χ1v) is 10.1. The monoisotopic (exact) mass is 453 g/mol. The van der Waals surface area contributed by atoms with Crippen LogP contribution in [-0.4, -0.2) is 57.3 Å². The first-order chi connectivity index (χ1) is 15.1. The molecule has 0 radical (unpaired) electrons. The minimum atomic E-state index is -4.41. The molecule has 0 aromatic carbocycles. The van der Waals surface area contributed by atoms with Gasteiger partial charge in [0.1, 0.15) is 23.7 Å². The predicted octanol–water partition coefficient (Wildman–Crippen LogP) is 3.53. The Bertz CT molecular complexity index is 1150. The van der Waals surface area contributed by atoms with Crippen molar-refractivity contribution in [2.75, 3.05) is 36.0 Å². The summed E-state index contributed by atoms with van der Waals surface area (Å²) in [5, 5.41) is 3.94. The van der Waals surface area contributed by atoms with Crippen LogP contribution in [-0.2, 0) is 12.7 Å². The maximum atomic E-state index is 12.9. The third-order valence-electron chi connectivity index (χ3n) is 6.14. The second kappa shape index (κ2) is 7.24. The summed E-state index contributed by atoms with van der Waals surface area (Å²) in [6, 6.07) is 1.13. The Balaban J connectivity index is 1.29. The van der Waals surface area contributed by atoms with Crippen molar-refractivity contribution < 1.29 is 22.0 Å². The summed E-state index contributed by atoms with van der Waals surface area (Å²) in [5.74, 6) is 1.17. The Kier molecular flexibility index (Phi) is 4.71. The molecule has 3 aromatic heterocycles. The van der Waals surface area contributed by atoms with Crippen LogP contribution in [0.2, 0.25) is 0 Å². The molecule has 0 N–H and O–H groups in total. The smallest absolute Gasteiger partial charge is 0.355 e. The normalized spacial score (nSPS) is 18.2. The van der Waals surface area contributed by atoms with Gasteiger partial charge in [0, 0.05) is 37.8 Å². The van der Waals surface area contributed by atoms with Crippen molar-refractivity contribution in [3.8, 4) is 0 Å². The van der Waals surface area contributed by atoms with E-state index in [2.05, 4.69) is 25.0 Å². The Hall–Kier alpha value is -3.05. The van der Waals surface area contributed by atoms with Gasteiger partial charge in [-0.2, -0.15) is 18.3 Å². The zero-order chi connectivity index (χ0) is 22.7. The average molecular weight is 453 g/mol. The number of halogens is 5. The van der Waals surface area contributed by atoms with Crippen molar-refractivity contribution in [2.45, 2.75) is 32.5 Å². The van der Waals surface area contributed by atoms with Crippen LogP contribution in [0.1, 0.15) is 17.5 Å². The summed E-state index contributed by atoms with van der Waals surface area (Å²) in [6.07, 6.45) is -2.15. The summed E-state index contributed by atoms with van der Waals surface area (Å²) in [7, 11) is 0. The Morgan fingerprint density at radius 1 is 1.06 bits per heavy atom. The lowest BCUT2D eigenvalue weighted by molar-refractivity contribution is -0.137. The number of pyridine rings is 1. The summed E-state index contributed by atoms with van der Waals surface area (Å²) >= 11 is 0. The second-order valence-corrected chi connectivity index (χ2v) is 8.54. The lowest BCUT2D eigenvalue weighted by Gasteiger charge is -2.49. The largest absolute Gasteiger partial charge is 0.417 e. The molecule has 0 saturated carbocycles. The number of anilines is 2. The van der Waals surface area contributed by atoms with Crippen LogP contribution in [0.5, 0.6) is 0 Å². The molecule has 5 rings (SSSR count). The number of aromatic nitrogens is 5. The van der Waals surface area contributed by atoms with Crippen LogP contribution in [0.3, 0.4) is 0 Å². The minimum absolute atomic E-state index is 0.0172. The Morgan fingerprint density at radius 2 is 1.81 bits per heavy atom. The van der Waals surface area contributed by atoms with Gasteiger partial charge >= 0.3 is 6.18 Å². The van der Waals surface area contributed by atoms with Gasteiger partial charge in [0.15, 0.2) is 5.65 Å². The van der Waals surface area contributed by atoms with Crippen molar-refractivity contribution in [3.05, 3.63) is 35.8 Å². The highest BCUT2D eigenvalue weighted by molar-refractivity contribution is 5.71. The van der Waals surface area contributed by atoms with Gasteiger partial charge in [0.2, 0.25) is 0 Å². The first kappa shape index (κ1) is 20.8. The number of hydrogen-bond acceptors (Lipinski definition) is 6. The molecular formula is C20H20F5N7. The van der Waals surface area contributed by atoms with Gasteiger partial charge in [-0.05, 0) is 25.0 Å². The van der Waals surface area contributed by atoms with Crippen LogP contribution in [0, 0.1) is 12.3 Å². The molecule has 0 bridgehead atoms. The Labute approximate surface area is 179 Å². The van der Waals surface area contributed by atoms with E-state index in [4.69, 9.17) is 0 Å². The number of nitrogens with zero attached hydrogens (tertiary/aromatic N) is 7. The number of rotatable bonds is 4. The molecule has 170 valence electrons. The third-order valence-corrected chi connectivity index (χ3v) is 6.14. The van der Waals surface area contributed by atoms with E-state index >= 15 is 0 Å². The molecule has 1 spiro atoms. The summed E-state index contributed by atoms with van der Waals surface area (Å²) in [4.78, 5) is 16.9. The van der Waals surface area contributed by atoms with E-state index in [0.717, 1.165) is 29.9 Å². The second-order valence-electron chi connectivity index (χ2n) is 8.54. The van der Waals surface area contributed by atoms with Gasteiger partial charge in [-0.25, -0.2) is 28.4 Å². The summed E-state index contributed by atoms with van der Waals surface area (Å²) in [6.45, 7) is 3.89. The zero-order valence-corrected chi connectivity index (χ0v) is 17.1. The molecule has 2 fully saturated rings. The molecule has 32 heavy (non-hydrogen) atoms. The Morgan fingerprint density at radius 3 is 2.50 bits per heavy atom. The highest BCUT2D eigenvalue weighted by Gasteiger charge is 2.49. The molecular weight excluding hydrogens is 433 g/mol. The molecule has 0 unspecified atom stereocenters. The number of hydrogen-bond donors (Lipinski definition) is 0. The van der Waals surface area contributed by atoms with E-state index in [0.29, 0.717) is 48.0 Å². The molecule has 2 saturated heterocycles. The standard InChI is InChI=1S/C20H20F5N7/c1-12-4-13(20(23,24)25)5-27-17(12)31-10-19(11-31)2-3-30(9-19)16-7-26-14-6-28-32(8-15(21)22)18(14)29-16/h4-7,15H,2-3,8-11H2,1H3. The minimum Gasteiger partial charge on any atom is -0.355 e. The topological polar surface area (TPSA) is 63.0 Å². The van der Waals surface area contributed by atoms with Crippen molar-refractivity contribution in [1.82, 2.24) is 24.7 Å². The van der Waals surface area contributed by atoms with Gasteiger partial charge in [0.05, 0.1) is 18.0 Å². The van der Waals surface area contributed by atoms with Gasteiger partial charge in [-0.3, -0.25) is 0 Å². The lowest BCUT2D eigenvalue weighted by atomic mass is 9.79. The fraction of sp³-hybridized carbons (Fsp3) is 0.500. The first-order valence-electron chi connectivity index (χ1n) is 10.1. The van der Waals surface area contributed by atoms with Crippen LogP contribution in [0.15, 0.2) is 24.7 Å². The number of aryl methyl sites for hydroxylation is 1. The van der Waals surface area contributed by atoms with E-state index in [1.165, 1.54) is 6.20 Å². The fourth-order valence-corrected chi connectivity index (χ4v) is 4.61. The zero-order valence-electron chi connectivity index (χ0n) is 17.1. The summed E-state index contributed by atoms with van der Waals surface area (Å²) < 4.78 is 65.4. The van der Waals surface area contributed by atoms with E-state index in [-0.39, 0.29) is 5.41 Å². The van der Waals surface area contributed by atoms with Crippen LogP contribution in [0.25, 0.3) is 11.2 Å². The fourth-order valence-electron chi connectivity index (χ4n) is 4.61. The van der Waals surface area contributed by atoms with Gasteiger partial charge in [-0.1, -0.05) is 0 Å². The van der Waals surface area contributed by atoms with Crippen LogP contribution in [0.4, 0.5) is 33.6 Å².